The van der Waals surface area contributed by atoms with E-state index in [1.807, 2.05) is 45.8 Å². The van der Waals surface area contributed by atoms with Gasteiger partial charge in [0.15, 0.2) is 0 Å². The monoisotopic (exact) mass is 339 g/mol. The molecule has 130 valence electrons. The molecule has 3 heterocycles. The number of nitrogens with zero attached hydrogens (tertiary/aromatic N) is 6. The van der Waals surface area contributed by atoms with Gasteiger partial charge in [-0.15, -0.1) is 5.10 Å². The topological polar surface area (TPSA) is 80.9 Å². The molecule has 25 heavy (non-hydrogen) atoms. The molecule has 3 aromatic rings. The van der Waals surface area contributed by atoms with E-state index in [-0.39, 0.29) is 12.1 Å². The smallest absolute Gasteiger partial charge is 0.317 e. The van der Waals surface area contributed by atoms with Gasteiger partial charge >= 0.3 is 6.03 Å². The third kappa shape index (κ3) is 3.19. The number of likely N-dealkylation sites (tertiary alicyclic amines) is 1. The van der Waals surface area contributed by atoms with Crippen LogP contribution in [-0.2, 0) is 13.6 Å². The van der Waals surface area contributed by atoms with Gasteiger partial charge in [-0.05, 0) is 24.5 Å². The highest BCUT2D eigenvalue weighted by Gasteiger charge is 2.25. The zero-order valence-electron chi connectivity index (χ0n) is 14.2. The number of fused-ring (bicyclic) bond motifs is 1. The van der Waals surface area contributed by atoms with Gasteiger partial charge in [0.2, 0.25) is 0 Å². The average Bonchev–Trinajstić information content (AvgIpc) is 3.30. The first-order valence-electron chi connectivity index (χ1n) is 8.50. The SMILES string of the molecule is Cn1ncc2ccc(CNC(=O)N3CCCC(n4ccnn4)C3)cc21. The molecule has 1 aromatic carbocycles. The highest BCUT2D eigenvalue weighted by Crippen LogP contribution is 2.20. The molecule has 0 bridgehead atoms. The lowest BCUT2D eigenvalue weighted by Crippen LogP contribution is -2.45. The molecule has 1 fully saturated rings. The number of carbonyl (C=O) groups excluding carboxylic acids is 1. The van der Waals surface area contributed by atoms with Crippen LogP contribution in [0.5, 0.6) is 0 Å². The Morgan fingerprint density at radius 1 is 1.40 bits per heavy atom. The Balaban J connectivity index is 1.38. The fourth-order valence-corrected chi connectivity index (χ4v) is 3.36. The lowest BCUT2D eigenvalue weighted by Gasteiger charge is -2.32. The molecular weight excluding hydrogens is 318 g/mol. The van der Waals surface area contributed by atoms with Gasteiger partial charge in [0.05, 0.1) is 24.0 Å². The van der Waals surface area contributed by atoms with Gasteiger partial charge in [-0.1, -0.05) is 17.3 Å². The van der Waals surface area contributed by atoms with E-state index in [2.05, 4.69) is 26.8 Å². The molecule has 1 atom stereocenters. The third-order valence-electron chi connectivity index (χ3n) is 4.76. The zero-order chi connectivity index (χ0) is 17.2. The van der Waals surface area contributed by atoms with Crippen molar-refractivity contribution in [2.75, 3.05) is 13.1 Å². The predicted molar refractivity (Wildman–Crippen MR) is 92.8 cm³/mol. The average molecular weight is 339 g/mol. The summed E-state index contributed by atoms with van der Waals surface area (Å²) in [5, 5.41) is 16.3. The van der Waals surface area contributed by atoms with Crippen LogP contribution < -0.4 is 5.32 Å². The molecule has 0 radical (unpaired) electrons. The highest BCUT2D eigenvalue weighted by molar-refractivity contribution is 5.79. The Morgan fingerprint density at radius 3 is 3.16 bits per heavy atom. The maximum absolute atomic E-state index is 12.5. The molecule has 0 saturated carbocycles. The van der Waals surface area contributed by atoms with Crippen molar-refractivity contribution in [1.29, 1.82) is 0 Å². The van der Waals surface area contributed by atoms with Crippen molar-refractivity contribution in [1.82, 2.24) is 35.0 Å². The molecule has 8 heteroatoms. The summed E-state index contributed by atoms with van der Waals surface area (Å²) in [4.78, 5) is 14.4. The van der Waals surface area contributed by atoms with Crippen LogP contribution in [0.2, 0.25) is 0 Å². The summed E-state index contributed by atoms with van der Waals surface area (Å²) in [6, 6.07) is 6.30. The predicted octanol–water partition coefficient (Wildman–Crippen LogP) is 1.71. The second-order valence-corrected chi connectivity index (χ2v) is 6.45. The Kier molecular flexibility index (Phi) is 4.09. The molecular formula is C17H21N7O. The molecule has 2 aromatic heterocycles. The minimum absolute atomic E-state index is 0.0325. The van der Waals surface area contributed by atoms with Crippen LogP contribution in [0.1, 0.15) is 24.4 Å². The normalized spacial score (nSPS) is 17.8. The number of nitrogens with one attached hydrogen (secondary N) is 1. The van der Waals surface area contributed by atoms with Crippen molar-refractivity contribution in [2.24, 2.45) is 7.05 Å². The highest BCUT2D eigenvalue weighted by atomic mass is 16.2. The van der Waals surface area contributed by atoms with Crippen molar-refractivity contribution >= 4 is 16.9 Å². The standard InChI is InChI=1S/C17H21N7O/c1-22-16-9-13(4-5-14(16)11-20-22)10-18-17(25)23-7-2-3-15(12-23)24-8-6-19-21-24/h4-6,8-9,11,15H,2-3,7,10,12H2,1H3,(H,18,25). The molecule has 0 aliphatic carbocycles. The van der Waals surface area contributed by atoms with Crippen molar-refractivity contribution in [3.8, 4) is 0 Å². The lowest BCUT2D eigenvalue weighted by molar-refractivity contribution is 0.162. The molecule has 4 rings (SSSR count). The van der Waals surface area contributed by atoms with E-state index in [1.54, 1.807) is 6.20 Å². The van der Waals surface area contributed by atoms with Gasteiger partial charge in [-0.25, -0.2) is 9.48 Å². The summed E-state index contributed by atoms with van der Waals surface area (Å²) in [7, 11) is 1.92. The number of hydrogen-bond acceptors (Lipinski definition) is 4. The van der Waals surface area contributed by atoms with E-state index in [4.69, 9.17) is 0 Å². The molecule has 1 aliphatic heterocycles. The lowest BCUT2D eigenvalue weighted by atomic mass is 10.1. The van der Waals surface area contributed by atoms with Gasteiger partial charge in [0, 0.05) is 38.3 Å². The fraction of sp³-hybridized carbons (Fsp3) is 0.412. The third-order valence-corrected chi connectivity index (χ3v) is 4.76. The summed E-state index contributed by atoms with van der Waals surface area (Å²) in [5.74, 6) is 0. The number of amides is 2. The van der Waals surface area contributed by atoms with Gasteiger partial charge in [-0.2, -0.15) is 5.10 Å². The summed E-state index contributed by atoms with van der Waals surface area (Å²) in [6.07, 6.45) is 7.36. The van der Waals surface area contributed by atoms with Crippen molar-refractivity contribution < 1.29 is 4.79 Å². The van der Waals surface area contributed by atoms with E-state index >= 15 is 0 Å². The minimum Gasteiger partial charge on any atom is -0.334 e. The summed E-state index contributed by atoms with van der Waals surface area (Å²) in [6.45, 7) is 1.94. The summed E-state index contributed by atoms with van der Waals surface area (Å²) >= 11 is 0. The maximum atomic E-state index is 12.5. The van der Waals surface area contributed by atoms with Crippen LogP contribution in [0.15, 0.2) is 36.8 Å². The van der Waals surface area contributed by atoms with Gasteiger partial charge in [0.1, 0.15) is 0 Å². The van der Waals surface area contributed by atoms with E-state index in [0.717, 1.165) is 35.9 Å². The zero-order valence-corrected chi connectivity index (χ0v) is 14.2. The molecule has 1 aliphatic rings. The van der Waals surface area contributed by atoms with Crippen LogP contribution >= 0.6 is 0 Å². The number of piperidine rings is 1. The molecule has 1 saturated heterocycles. The maximum Gasteiger partial charge on any atom is 0.317 e. The number of aryl methyl sites for hydroxylation is 1. The summed E-state index contributed by atoms with van der Waals surface area (Å²) in [5.41, 5.74) is 2.13. The summed E-state index contributed by atoms with van der Waals surface area (Å²) < 4.78 is 3.68. The number of aromatic nitrogens is 5. The second kappa shape index (κ2) is 6.54. The number of hydrogen-bond donors (Lipinski definition) is 1. The van der Waals surface area contributed by atoms with Gasteiger partial charge in [0.25, 0.3) is 0 Å². The van der Waals surface area contributed by atoms with Gasteiger partial charge < -0.3 is 10.2 Å². The van der Waals surface area contributed by atoms with Crippen LogP contribution in [0.4, 0.5) is 4.79 Å². The van der Waals surface area contributed by atoms with E-state index < -0.39 is 0 Å². The van der Waals surface area contributed by atoms with Crippen LogP contribution in [-0.4, -0.2) is 48.8 Å². The van der Waals surface area contributed by atoms with Crippen molar-refractivity contribution in [3.05, 3.63) is 42.4 Å². The Labute approximate surface area is 145 Å². The van der Waals surface area contributed by atoms with Crippen LogP contribution in [0.25, 0.3) is 10.9 Å². The quantitative estimate of drug-likeness (QED) is 0.788. The molecule has 1 unspecified atom stereocenters. The van der Waals surface area contributed by atoms with Crippen molar-refractivity contribution in [3.63, 3.8) is 0 Å². The number of benzene rings is 1. The fourth-order valence-electron chi connectivity index (χ4n) is 3.36. The number of rotatable bonds is 3. The van der Waals surface area contributed by atoms with E-state index in [1.165, 1.54) is 0 Å². The Bertz CT molecular complexity index is 870. The molecule has 8 nitrogen and oxygen atoms in total. The molecule has 1 N–H and O–H groups in total. The second-order valence-electron chi connectivity index (χ2n) is 6.45. The number of urea groups is 1. The Morgan fingerprint density at radius 2 is 2.32 bits per heavy atom. The first-order chi connectivity index (χ1) is 12.2. The largest absolute Gasteiger partial charge is 0.334 e. The van der Waals surface area contributed by atoms with Crippen LogP contribution in [0, 0.1) is 0 Å². The number of carbonyl (C=O) groups is 1. The van der Waals surface area contributed by atoms with Gasteiger partial charge in [-0.3, -0.25) is 4.68 Å². The van der Waals surface area contributed by atoms with E-state index in [0.29, 0.717) is 13.1 Å². The van der Waals surface area contributed by atoms with E-state index in [9.17, 15) is 4.79 Å². The first-order valence-corrected chi connectivity index (χ1v) is 8.50. The molecule has 2 amide bonds. The Hall–Kier alpha value is -2.90. The minimum atomic E-state index is -0.0325. The first kappa shape index (κ1) is 15.6. The molecule has 0 spiro atoms. The van der Waals surface area contributed by atoms with Crippen molar-refractivity contribution in [2.45, 2.75) is 25.4 Å². The van der Waals surface area contributed by atoms with Crippen LogP contribution in [0.3, 0.4) is 0 Å².